The molecule has 0 fully saturated rings. The fourth-order valence-electron chi connectivity index (χ4n) is 1.92. The third kappa shape index (κ3) is 6.37. The summed E-state index contributed by atoms with van der Waals surface area (Å²) in [5.74, 6) is 1.50. The molecule has 0 aliphatic carbocycles. The second-order valence-electron chi connectivity index (χ2n) is 4.85. The molecule has 1 unspecified atom stereocenters. The summed E-state index contributed by atoms with van der Waals surface area (Å²) in [6.07, 6.45) is 1.11. The van der Waals surface area contributed by atoms with E-state index in [1.165, 1.54) is 5.56 Å². The van der Waals surface area contributed by atoms with Crippen LogP contribution in [0.4, 0.5) is 0 Å². The standard InChI is InChI=1S/C16H28N2O2/c1-3-14(2)15-6-4-5-7-16(15)20-13-12-19-11-10-18-9-8-17/h4-7,14,18H,3,8-13,17H2,1-2H3. The minimum absolute atomic E-state index is 0.521. The molecule has 0 saturated carbocycles. The monoisotopic (exact) mass is 280 g/mol. The highest BCUT2D eigenvalue weighted by Gasteiger charge is 2.08. The summed E-state index contributed by atoms with van der Waals surface area (Å²) in [6.45, 7) is 8.64. The maximum absolute atomic E-state index is 5.82. The molecule has 1 aromatic rings. The summed E-state index contributed by atoms with van der Waals surface area (Å²) in [7, 11) is 0. The van der Waals surface area contributed by atoms with E-state index in [4.69, 9.17) is 15.2 Å². The molecule has 4 nitrogen and oxygen atoms in total. The Morgan fingerprint density at radius 3 is 2.70 bits per heavy atom. The van der Waals surface area contributed by atoms with Crippen LogP contribution in [0, 0.1) is 0 Å². The van der Waals surface area contributed by atoms with E-state index in [0.717, 1.165) is 25.3 Å². The molecule has 0 aliphatic heterocycles. The van der Waals surface area contributed by atoms with Crippen molar-refractivity contribution in [2.24, 2.45) is 5.73 Å². The number of rotatable bonds is 11. The van der Waals surface area contributed by atoms with Crippen LogP contribution in [0.2, 0.25) is 0 Å². The average Bonchev–Trinajstić information content (AvgIpc) is 2.49. The van der Waals surface area contributed by atoms with E-state index < -0.39 is 0 Å². The Kier molecular flexibility index (Phi) is 9.04. The Labute approximate surface area is 122 Å². The first-order chi connectivity index (χ1) is 9.79. The average molecular weight is 280 g/mol. The van der Waals surface area contributed by atoms with Crippen molar-refractivity contribution in [1.29, 1.82) is 0 Å². The Morgan fingerprint density at radius 2 is 1.95 bits per heavy atom. The molecule has 0 amide bonds. The third-order valence-electron chi connectivity index (χ3n) is 3.29. The largest absolute Gasteiger partial charge is 0.491 e. The van der Waals surface area contributed by atoms with Crippen LogP contribution in [0.25, 0.3) is 0 Å². The van der Waals surface area contributed by atoms with Crippen LogP contribution in [0.3, 0.4) is 0 Å². The van der Waals surface area contributed by atoms with E-state index in [1.54, 1.807) is 0 Å². The third-order valence-corrected chi connectivity index (χ3v) is 3.29. The normalized spacial score (nSPS) is 12.3. The van der Waals surface area contributed by atoms with Crippen molar-refractivity contribution in [3.8, 4) is 5.75 Å². The lowest BCUT2D eigenvalue weighted by Gasteiger charge is -2.15. The fourth-order valence-corrected chi connectivity index (χ4v) is 1.92. The fraction of sp³-hybridized carbons (Fsp3) is 0.625. The van der Waals surface area contributed by atoms with Gasteiger partial charge in [-0.1, -0.05) is 32.0 Å². The van der Waals surface area contributed by atoms with Crippen molar-refractivity contribution in [2.45, 2.75) is 26.2 Å². The Morgan fingerprint density at radius 1 is 1.15 bits per heavy atom. The Hall–Kier alpha value is -1.10. The summed E-state index contributed by atoms with van der Waals surface area (Å²) < 4.78 is 11.3. The molecule has 0 spiro atoms. The predicted molar refractivity (Wildman–Crippen MR) is 83.4 cm³/mol. The van der Waals surface area contributed by atoms with Gasteiger partial charge in [0.05, 0.1) is 13.2 Å². The van der Waals surface area contributed by atoms with Gasteiger partial charge in [-0.15, -0.1) is 0 Å². The van der Waals surface area contributed by atoms with Crippen molar-refractivity contribution in [3.05, 3.63) is 29.8 Å². The molecule has 114 valence electrons. The van der Waals surface area contributed by atoms with E-state index in [1.807, 2.05) is 12.1 Å². The SMILES string of the molecule is CCC(C)c1ccccc1OCCOCCNCCN. The molecule has 0 heterocycles. The first-order valence-electron chi connectivity index (χ1n) is 7.49. The second-order valence-corrected chi connectivity index (χ2v) is 4.85. The molecule has 0 saturated heterocycles. The van der Waals surface area contributed by atoms with Crippen LogP contribution in [-0.4, -0.2) is 39.5 Å². The molecule has 1 atom stereocenters. The van der Waals surface area contributed by atoms with Gasteiger partial charge in [-0.2, -0.15) is 0 Å². The Balaban J connectivity index is 2.22. The van der Waals surface area contributed by atoms with Crippen molar-refractivity contribution >= 4 is 0 Å². The quantitative estimate of drug-likeness (QED) is 0.610. The zero-order valence-corrected chi connectivity index (χ0v) is 12.7. The number of nitrogens with one attached hydrogen (secondary N) is 1. The van der Waals surface area contributed by atoms with Gasteiger partial charge in [0, 0.05) is 19.6 Å². The summed E-state index contributed by atoms with van der Waals surface area (Å²) in [5.41, 5.74) is 6.66. The van der Waals surface area contributed by atoms with Gasteiger partial charge in [0.25, 0.3) is 0 Å². The Bertz CT molecular complexity index is 358. The molecule has 1 aromatic carbocycles. The molecular weight excluding hydrogens is 252 g/mol. The lowest BCUT2D eigenvalue weighted by Crippen LogP contribution is -2.26. The highest BCUT2D eigenvalue weighted by atomic mass is 16.5. The number of ether oxygens (including phenoxy) is 2. The van der Waals surface area contributed by atoms with Crippen molar-refractivity contribution in [2.75, 3.05) is 39.5 Å². The lowest BCUT2D eigenvalue weighted by atomic mass is 9.98. The molecule has 1 rings (SSSR count). The van der Waals surface area contributed by atoms with Crippen LogP contribution in [-0.2, 0) is 4.74 Å². The van der Waals surface area contributed by atoms with Gasteiger partial charge in [0.2, 0.25) is 0 Å². The van der Waals surface area contributed by atoms with Gasteiger partial charge in [-0.3, -0.25) is 0 Å². The molecule has 0 aromatic heterocycles. The molecular formula is C16H28N2O2. The van der Waals surface area contributed by atoms with Crippen LogP contribution in [0.5, 0.6) is 5.75 Å². The van der Waals surface area contributed by atoms with Crippen LogP contribution >= 0.6 is 0 Å². The minimum Gasteiger partial charge on any atom is -0.491 e. The van der Waals surface area contributed by atoms with Gasteiger partial charge in [0.15, 0.2) is 0 Å². The van der Waals surface area contributed by atoms with Crippen molar-refractivity contribution in [1.82, 2.24) is 5.32 Å². The first kappa shape index (κ1) is 17.0. The second kappa shape index (κ2) is 10.7. The van der Waals surface area contributed by atoms with Gasteiger partial charge in [0.1, 0.15) is 12.4 Å². The van der Waals surface area contributed by atoms with Gasteiger partial charge in [-0.25, -0.2) is 0 Å². The number of benzene rings is 1. The van der Waals surface area contributed by atoms with Gasteiger partial charge in [-0.05, 0) is 24.0 Å². The summed E-state index contributed by atoms with van der Waals surface area (Å²) >= 11 is 0. The smallest absolute Gasteiger partial charge is 0.122 e. The summed E-state index contributed by atoms with van der Waals surface area (Å²) in [6, 6.07) is 8.25. The zero-order chi connectivity index (χ0) is 14.6. The molecule has 20 heavy (non-hydrogen) atoms. The van der Waals surface area contributed by atoms with Crippen LogP contribution in [0.1, 0.15) is 31.7 Å². The maximum atomic E-state index is 5.82. The zero-order valence-electron chi connectivity index (χ0n) is 12.7. The predicted octanol–water partition coefficient (Wildman–Crippen LogP) is 2.14. The molecule has 4 heteroatoms. The number of para-hydroxylation sites is 1. The highest BCUT2D eigenvalue weighted by Crippen LogP contribution is 2.28. The molecule has 0 radical (unpaired) electrons. The van der Waals surface area contributed by atoms with E-state index in [-0.39, 0.29) is 0 Å². The van der Waals surface area contributed by atoms with Crippen LogP contribution < -0.4 is 15.8 Å². The molecule has 0 bridgehead atoms. The lowest BCUT2D eigenvalue weighted by molar-refractivity contribution is 0.101. The highest BCUT2D eigenvalue weighted by molar-refractivity contribution is 5.35. The topological polar surface area (TPSA) is 56.5 Å². The van der Waals surface area contributed by atoms with Crippen LogP contribution in [0.15, 0.2) is 24.3 Å². The van der Waals surface area contributed by atoms with Gasteiger partial charge >= 0.3 is 0 Å². The van der Waals surface area contributed by atoms with E-state index in [0.29, 0.717) is 32.3 Å². The summed E-state index contributed by atoms with van der Waals surface area (Å²) in [4.78, 5) is 0. The number of hydrogen-bond donors (Lipinski definition) is 2. The van der Waals surface area contributed by atoms with Gasteiger partial charge < -0.3 is 20.5 Å². The number of nitrogens with two attached hydrogens (primary N) is 1. The van der Waals surface area contributed by atoms with E-state index in [9.17, 15) is 0 Å². The maximum Gasteiger partial charge on any atom is 0.122 e. The summed E-state index contributed by atoms with van der Waals surface area (Å²) in [5, 5.41) is 3.18. The first-order valence-corrected chi connectivity index (χ1v) is 7.49. The van der Waals surface area contributed by atoms with Crippen molar-refractivity contribution in [3.63, 3.8) is 0 Å². The minimum atomic E-state index is 0.521. The number of hydrogen-bond acceptors (Lipinski definition) is 4. The molecule has 3 N–H and O–H groups in total. The van der Waals surface area contributed by atoms with E-state index >= 15 is 0 Å². The van der Waals surface area contributed by atoms with E-state index in [2.05, 4.69) is 31.3 Å². The van der Waals surface area contributed by atoms with Crippen molar-refractivity contribution < 1.29 is 9.47 Å². The molecule has 0 aliphatic rings.